The molecule has 0 bridgehead atoms. The molecule has 8 heteroatoms. The molecule has 0 saturated heterocycles. The first-order chi connectivity index (χ1) is 11.6. The summed E-state index contributed by atoms with van der Waals surface area (Å²) < 4.78 is 0. The molecule has 0 aromatic heterocycles. The number of thioether (sulfide) groups is 2. The van der Waals surface area contributed by atoms with E-state index >= 15 is 0 Å². The van der Waals surface area contributed by atoms with Crippen LogP contribution in [0, 0.1) is 0 Å². The summed E-state index contributed by atoms with van der Waals surface area (Å²) in [6.45, 7) is 0.301. The van der Waals surface area contributed by atoms with Crippen LogP contribution in [0.3, 0.4) is 0 Å². The predicted octanol–water partition coefficient (Wildman–Crippen LogP) is 2.17. The topological polar surface area (TPSA) is 78.8 Å². The molecule has 24 heavy (non-hydrogen) atoms. The molecule has 0 aliphatic carbocycles. The van der Waals surface area contributed by atoms with Crippen LogP contribution in [0.15, 0.2) is 45.6 Å². The highest BCUT2D eigenvalue weighted by Gasteiger charge is 2.38. The second-order valence-corrected chi connectivity index (χ2v) is 7.01. The third kappa shape index (κ3) is 3.39. The summed E-state index contributed by atoms with van der Waals surface area (Å²) in [6, 6.07) is 6.70. The van der Waals surface area contributed by atoms with Gasteiger partial charge in [0.05, 0.1) is 5.71 Å². The fourth-order valence-electron chi connectivity index (χ4n) is 2.39. The van der Waals surface area contributed by atoms with Crippen molar-refractivity contribution < 1.29 is 14.4 Å². The molecule has 4 amide bonds. The fourth-order valence-corrected chi connectivity index (χ4v) is 3.73. The molecule has 0 spiro atoms. The van der Waals surface area contributed by atoms with Crippen LogP contribution in [0.25, 0.3) is 0 Å². The lowest BCUT2D eigenvalue weighted by atomic mass is 10.2. The summed E-state index contributed by atoms with van der Waals surface area (Å²) in [5.41, 5.74) is 1.05. The highest BCUT2D eigenvalue weighted by Crippen LogP contribution is 2.27. The predicted molar refractivity (Wildman–Crippen MR) is 95.6 cm³/mol. The number of benzene rings is 1. The standard InChI is InChI=1S/C16H15N3O3S2/c1-23-11-4-2-3-10(9-11)14(20)17-6-7-19-15(21)13-12(5-8-24-13)18-16(19)22/h2-5,8-9,13H,6-7H2,1H3,(H,17,20). The van der Waals surface area contributed by atoms with Crippen LogP contribution in [0.5, 0.6) is 0 Å². The number of carbonyl (C=O) groups is 3. The number of amides is 4. The average molecular weight is 361 g/mol. The minimum Gasteiger partial charge on any atom is -0.350 e. The van der Waals surface area contributed by atoms with E-state index in [9.17, 15) is 14.4 Å². The largest absolute Gasteiger partial charge is 0.350 e. The first-order valence-corrected chi connectivity index (χ1v) is 9.45. The second kappa shape index (κ2) is 7.23. The van der Waals surface area contributed by atoms with E-state index in [1.54, 1.807) is 35.4 Å². The van der Waals surface area contributed by atoms with Crippen LogP contribution in [-0.2, 0) is 4.79 Å². The maximum atomic E-state index is 12.3. The van der Waals surface area contributed by atoms with Gasteiger partial charge < -0.3 is 5.32 Å². The number of rotatable bonds is 5. The maximum absolute atomic E-state index is 12.3. The average Bonchev–Trinajstić information content (AvgIpc) is 3.06. The van der Waals surface area contributed by atoms with Crippen LogP contribution in [0.2, 0.25) is 0 Å². The second-order valence-electron chi connectivity index (χ2n) is 5.12. The first-order valence-electron chi connectivity index (χ1n) is 7.28. The Hall–Kier alpha value is -2.06. The molecule has 1 atom stereocenters. The van der Waals surface area contributed by atoms with Gasteiger partial charge in [0.25, 0.3) is 5.91 Å². The number of aliphatic imine (C=N–C) groups is 1. The van der Waals surface area contributed by atoms with Gasteiger partial charge in [-0.3, -0.25) is 14.5 Å². The maximum Gasteiger partial charge on any atom is 0.350 e. The van der Waals surface area contributed by atoms with Gasteiger partial charge in [-0.25, -0.2) is 4.79 Å². The van der Waals surface area contributed by atoms with E-state index in [4.69, 9.17) is 0 Å². The molecule has 6 nitrogen and oxygen atoms in total. The Kier molecular flexibility index (Phi) is 5.06. The highest BCUT2D eigenvalue weighted by atomic mass is 32.2. The third-order valence-corrected chi connectivity index (χ3v) is 5.35. The number of carbonyl (C=O) groups excluding carboxylic acids is 3. The van der Waals surface area contributed by atoms with Gasteiger partial charge in [0, 0.05) is 23.5 Å². The van der Waals surface area contributed by atoms with Crippen LogP contribution in [0.4, 0.5) is 4.79 Å². The van der Waals surface area contributed by atoms with Crippen molar-refractivity contribution in [2.75, 3.05) is 19.3 Å². The van der Waals surface area contributed by atoms with Gasteiger partial charge in [0.15, 0.2) is 0 Å². The smallest absolute Gasteiger partial charge is 0.350 e. The summed E-state index contributed by atoms with van der Waals surface area (Å²) in [5.74, 6) is -0.512. The summed E-state index contributed by atoms with van der Waals surface area (Å²) in [5, 5.41) is 4.06. The van der Waals surface area contributed by atoms with Crippen molar-refractivity contribution in [2.24, 2.45) is 4.99 Å². The number of nitrogens with one attached hydrogen (secondary N) is 1. The summed E-state index contributed by atoms with van der Waals surface area (Å²) in [6.07, 6.45) is 3.62. The molecule has 1 aromatic carbocycles. The Balaban J connectivity index is 1.57. The Morgan fingerprint density at radius 3 is 3.04 bits per heavy atom. The zero-order chi connectivity index (χ0) is 17.1. The van der Waals surface area contributed by atoms with Crippen LogP contribution < -0.4 is 5.32 Å². The number of hydrogen-bond acceptors (Lipinski definition) is 5. The number of nitrogens with zero attached hydrogens (tertiary/aromatic N) is 2. The fraction of sp³-hybridized carbons (Fsp3) is 0.250. The number of urea groups is 1. The minimum absolute atomic E-state index is 0.111. The SMILES string of the molecule is CSc1cccc(C(=O)NCCN2C(=O)N=C3C=CSC3C2=O)c1. The summed E-state index contributed by atoms with van der Waals surface area (Å²) in [4.78, 5) is 42.4. The number of fused-ring (bicyclic) bond motifs is 1. The molecule has 0 fully saturated rings. The normalized spacial score (nSPS) is 19.3. The molecule has 2 aliphatic rings. The highest BCUT2D eigenvalue weighted by molar-refractivity contribution is 8.04. The van der Waals surface area contributed by atoms with Gasteiger partial charge in [-0.2, -0.15) is 4.99 Å². The zero-order valence-electron chi connectivity index (χ0n) is 12.9. The van der Waals surface area contributed by atoms with Crippen molar-refractivity contribution in [3.63, 3.8) is 0 Å². The Labute approximate surface area is 147 Å². The molecular formula is C16H15N3O3S2. The summed E-state index contributed by atoms with van der Waals surface area (Å²) in [7, 11) is 0. The van der Waals surface area contributed by atoms with Crippen molar-refractivity contribution >= 4 is 47.1 Å². The lowest BCUT2D eigenvalue weighted by molar-refractivity contribution is -0.126. The van der Waals surface area contributed by atoms with Crippen molar-refractivity contribution in [3.8, 4) is 0 Å². The van der Waals surface area contributed by atoms with Crippen molar-refractivity contribution in [2.45, 2.75) is 10.1 Å². The molecule has 3 rings (SSSR count). The van der Waals surface area contributed by atoms with Crippen molar-refractivity contribution in [3.05, 3.63) is 41.3 Å². The minimum atomic E-state index is -0.572. The first kappa shape index (κ1) is 16.8. The molecule has 2 aliphatic heterocycles. The lowest BCUT2D eigenvalue weighted by Gasteiger charge is -2.25. The van der Waals surface area contributed by atoms with Crippen molar-refractivity contribution in [1.82, 2.24) is 10.2 Å². The monoisotopic (exact) mass is 361 g/mol. The molecule has 0 saturated carbocycles. The van der Waals surface area contributed by atoms with Gasteiger partial charge in [-0.1, -0.05) is 6.07 Å². The molecule has 1 aromatic rings. The van der Waals surface area contributed by atoms with Gasteiger partial charge in [-0.15, -0.1) is 23.5 Å². The van der Waals surface area contributed by atoms with Gasteiger partial charge in [0.2, 0.25) is 5.91 Å². The quantitative estimate of drug-likeness (QED) is 0.813. The van der Waals surface area contributed by atoms with Gasteiger partial charge in [-0.05, 0) is 35.9 Å². The van der Waals surface area contributed by atoms with Crippen LogP contribution in [0.1, 0.15) is 10.4 Å². The van der Waals surface area contributed by atoms with Gasteiger partial charge in [0.1, 0.15) is 5.25 Å². The summed E-state index contributed by atoms with van der Waals surface area (Å²) >= 11 is 2.89. The van der Waals surface area contributed by atoms with Crippen LogP contribution in [-0.4, -0.2) is 53.1 Å². The Morgan fingerprint density at radius 1 is 1.42 bits per heavy atom. The number of hydrogen-bond donors (Lipinski definition) is 1. The van der Waals surface area contributed by atoms with E-state index in [-0.39, 0.29) is 24.9 Å². The van der Waals surface area contributed by atoms with Crippen LogP contribution >= 0.6 is 23.5 Å². The van der Waals surface area contributed by atoms with E-state index < -0.39 is 11.3 Å². The molecule has 124 valence electrons. The molecule has 2 heterocycles. The Bertz CT molecular complexity index is 761. The molecule has 1 N–H and O–H groups in total. The number of imide groups is 1. The molecule has 0 radical (unpaired) electrons. The molecule has 1 unspecified atom stereocenters. The van der Waals surface area contributed by atoms with E-state index in [1.165, 1.54) is 11.8 Å². The van der Waals surface area contributed by atoms with E-state index in [1.807, 2.05) is 18.4 Å². The van der Waals surface area contributed by atoms with E-state index in [0.29, 0.717) is 11.3 Å². The van der Waals surface area contributed by atoms with E-state index in [2.05, 4.69) is 10.3 Å². The molecular weight excluding hydrogens is 346 g/mol. The van der Waals surface area contributed by atoms with Gasteiger partial charge >= 0.3 is 6.03 Å². The Morgan fingerprint density at radius 2 is 2.25 bits per heavy atom. The third-order valence-electron chi connectivity index (χ3n) is 3.62. The van der Waals surface area contributed by atoms with Crippen molar-refractivity contribution in [1.29, 1.82) is 0 Å². The lowest BCUT2D eigenvalue weighted by Crippen LogP contribution is -2.49. The zero-order valence-corrected chi connectivity index (χ0v) is 14.5. The van der Waals surface area contributed by atoms with E-state index in [0.717, 1.165) is 9.80 Å². The number of allylic oxidation sites excluding steroid dienone is 1.